The number of hydrogen-bond donors (Lipinski definition) is 1. The fourth-order valence-electron chi connectivity index (χ4n) is 2.59. The van der Waals surface area contributed by atoms with Crippen LogP contribution in [0, 0.1) is 11.8 Å². The van der Waals surface area contributed by atoms with Gasteiger partial charge >= 0.3 is 0 Å². The minimum Gasteiger partial charge on any atom is -0.494 e. The summed E-state index contributed by atoms with van der Waals surface area (Å²) in [5.41, 5.74) is 0. The number of aromatic nitrogens is 2. The van der Waals surface area contributed by atoms with Gasteiger partial charge in [-0.05, 0) is 24.7 Å². The minimum absolute atomic E-state index is 0.698. The van der Waals surface area contributed by atoms with Gasteiger partial charge in [-0.25, -0.2) is 9.97 Å². The number of nitrogens with one attached hydrogen (secondary N) is 1. The van der Waals surface area contributed by atoms with E-state index in [-0.39, 0.29) is 0 Å². The van der Waals surface area contributed by atoms with Crippen LogP contribution < -0.4 is 10.1 Å². The number of hydrogen-bond acceptors (Lipinski definition) is 4. The van der Waals surface area contributed by atoms with Gasteiger partial charge in [0.05, 0.1) is 19.5 Å². The molecule has 0 bridgehead atoms. The van der Waals surface area contributed by atoms with E-state index in [1.807, 2.05) is 0 Å². The van der Waals surface area contributed by atoms with Gasteiger partial charge in [-0.1, -0.05) is 26.2 Å². The highest BCUT2D eigenvalue weighted by Gasteiger charge is 2.19. The van der Waals surface area contributed by atoms with Crippen LogP contribution in [0.1, 0.15) is 39.0 Å². The van der Waals surface area contributed by atoms with Crippen molar-refractivity contribution in [2.24, 2.45) is 11.8 Å². The molecule has 1 fully saturated rings. The summed E-state index contributed by atoms with van der Waals surface area (Å²) in [5, 5.41) is 3.32. The van der Waals surface area contributed by atoms with Crippen molar-refractivity contribution in [3.05, 3.63) is 12.4 Å². The van der Waals surface area contributed by atoms with E-state index in [2.05, 4.69) is 22.2 Å². The van der Waals surface area contributed by atoms with Crippen molar-refractivity contribution < 1.29 is 4.74 Å². The Balaban J connectivity index is 1.74. The largest absolute Gasteiger partial charge is 0.494 e. The lowest BCUT2D eigenvalue weighted by Gasteiger charge is -2.27. The Kier molecular flexibility index (Phi) is 4.79. The van der Waals surface area contributed by atoms with Crippen molar-refractivity contribution >= 4 is 5.95 Å². The molecule has 0 atom stereocenters. The molecule has 18 heavy (non-hydrogen) atoms. The lowest BCUT2D eigenvalue weighted by Crippen LogP contribution is -2.21. The van der Waals surface area contributed by atoms with Gasteiger partial charge in [0.2, 0.25) is 5.95 Å². The summed E-state index contributed by atoms with van der Waals surface area (Å²) in [6, 6.07) is 0. The van der Waals surface area contributed by atoms with Crippen molar-refractivity contribution in [2.45, 2.75) is 39.0 Å². The maximum atomic E-state index is 5.04. The van der Waals surface area contributed by atoms with Gasteiger partial charge in [0.15, 0.2) is 5.75 Å². The second-order valence-corrected chi connectivity index (χ2v) is 5.12. The molecule has 4 heteroatoms. The van der Waals surface area contributed by atoms with E-state index in [4.69, 9.17) is 4.74 Å². The predicted molar refractivity (Wildman–Crippen MR) is 72.8 cm³/mol. The number of ether oxygens (including phenoxy) is 1. The van der Waals surface area contributed by atoms with Crippen LogP contribution in [0.4, 0.5) is 5.95 Å². The Labute approximate surface area is 109 Å². The molecule has 0 aromatic carbocycles. The second-order valence-electron chi connectivity index (χ2n) is 5.12. The minimum atomic E-state index is 0.698. The SMILES string of the molecule is CCC1CCC(CNc2ncc(OC)cn2)CC1. The van der Waals surface area contributed by atoms with Crippen LogP contribution in [0.25, 0.3) is 0 Å². The molecule has 4 nitrogen and oxygen atoms in total. The van der Waals surface area contributed by atoms with Crippen LogP contribution in [0.5, 0.6) is 5.75 Å². The molecule has 1 heterocycles. The van der Waals surface area contributed by atoms with Crippen molar-refractivity contribution in [3.8, 4) is 5.75 Å². The van der Waals surface area contributed by atoms with Gasteiger partial charge in [-0.3, -0.25) is 0 Å². The second kappa shape index (κ2) is 6.57. The van der Waals surface area contributed by atoms with Crippen molar-refractivity contribution in [1.29, 1.82) is 0 Å². The first-order valence-corrected chi connectivity index (χ1v) is 6.91. The number of methoxy groups -OCH3 is 1. The lowest BCUT2D eigenvalue weighted by molar-refractivity contribution is 0.278. The third-order valence-corrected chi connectivity index (χ3v) is 3.96. The van der Waals surface area contributed by atoms with Gasteiger partial charge in [-0.2, -0.15) is 0 Å². The van der Waals surface area contributed by atoms with Gasteiger partial charge < -0.3 is 10.1 Å². The summed E-state index contributed by atoms with van der Waals surface area (Å²) < 4.78 is 5.04. The molecule has 100 valence electrons. The molecular formula is C14H23N3O. The highest BCUT2D eigenvalue weighted by Crippen LogP contribution is 2.30. The van der Waals surface area contributed by atoms with Crippen LogP contribution in [0.15, 0.2) is 12.4 Å². The normalized spacial score (nSPS) is 23.7. The molecule has 1 N–H and O–H groups in total. The van der Waals surface area contributed by atoms with E-state index >= 15 is 0 Å². The molecule has 0 unspecified atom stereocenters. The molecule has 0 spiro atoms. The van der Waals surface area contributed by atoms with E-state index in [1.165, 1.54) is 32.1 Å². The fourth-order valence-corrected chi connectivity index (χ4v) is 2.59. The summed E-state index contributed by atoms with van der Waals surface area (Å²) in [4.78, 5) is 8.44. The van der Waals surface area contributed by atoms with Gasteiger partial charge in [0.1, 0.15) is 0 Å². The predicted octanol–water partition coefficient (Wildman–Crippen LogP) is 3.11. The van der Waals surface area contributed by atoms with Crippen LogP contribution >= 0.6 is 0 Å². The fraction of sp³-hybridized carbons (Fsp3) is 0.714. The maximum Gasteiger partial charge on any atom is 0.222 e. The number of rotatable bonds is 5. The van der Waals surface area contributed by atoms with Crippen molar-refractivity contribution in [3.63, 3.8) is 0 Å². The van der Waals surface area contributed by atoms with E-state index in [0.717, 1.165) is 18.4 Å². The molecule has 0 amide bonds. The monoisotopic (exact) mass is 249 g/mol. The molecule has 0 radical (unpaired) electrons. The summed E-state index contributed by atoms with van der Waals surface area (Å²) in [5.74, 6) is 3.13. The third kappa shape index (κ3) is 3.59. The van der Waals surface area contributed by atoms with Crippen molar-refractivity contribution in [2.75, 3.05) is 19.0 Å². The van der Waals surface area contributed by atoms with Crippen LogP contribution in [-0.4, -0.2) is 23.6 Å². The highest BCUT2D eigenvalue weighted by atomic mass is 16.5. The molecule has 1 aliphatic carbocycles. The first kappa shape index (κ1) is 13.1. The Morgan fingerprint density at radius 1 is 1.17 bits per heavy atom. The molecule has 2 rings (SSSR count). The first-order valence-electron chi connectivity index (χ1n) is 6.91. The summed E-state index contributed by atoms with van der Waals surface area (Å²) in [7, 11) is 1.62. The summed E-state index contributed by atoms with van der Waals surface area (Å²) >= 11 is 0. The summed E-state index contributed by atoms with van der Waals surface area (Å²) in [6.45, 7) is 3.29. The average Bonchev–Trinajstić information content (AvgIpc) is 2.46. The molecule has 1 aromatic heterocycles. The van der Waals surface area contributed by atoms with Gasteiger partial charge in [0, 0.05) is 6.54 Å². The Hall–Kier alpha value is -1.32. The molecule has 1 aliphatic rings. The maximum absolute atomic E-state index is 5.04. The quantitative estimate of drug-likeness (QED) is 0.871. The zero-order valence-electron chi connectivity index (χ0n) is 11.4. The van der Waals surface area contributed by atoms with E-state index in [1.54, 1.807) is 19.5 Å². The lowest BCUT2D eigenvalue weighted by atomic mass is 9.81. The van der Waals surface area contributed by atoms with Crippen LogP contribution in [-0.2, 0) is 0 Å². The van der Waals surface area contributed by atoms with Crippen molar-refractivity contribution in [1.82, 2.24) is 9.97 Å². The third-order valence-electron chi connectivity index (χ3n) is 3.96. The zero-order chi connectivity index (χ0) is 12.8. The Morgan fingerprint density at radius 3 is 2.33 bits per heavy atom. The molecule has 1 aromatic rings. The standard InChI is InChI=1S/C14H23N3O/c1-3-11-4-6-12(7-5-11)8-15-14-16-9-13(18-2)10-17-14/h9-12H,3-8H2,1-2H3,(H,15,16,17). The Morgan fingerprint density at radius 2 is 1.78 bits per heavy atom. The smallest absolute Gasteiger partial charge is 0.222 e. The molecule has 0 aliphatic heterocycles. The number of anilines is 1. The summed E-state index contributed by atoms with van der Waals surface area (Å²) in [6.07, 6.45) is 10.2. The molecular weight excluding hydrogens is 226 g/mol. The first-order chi connectivity index (χ1) is 8.81. The van der Waals surface area contributed by atoms with E-state index in [0.29, 0.717) is 11.7 Å². The van der Waals surface area contributed by atoms with Crippen LogP contribution in [0.3, 0.4) is 0 Å². The average molecular weight is 249 g/mol. The zero-order valence-corrected chi connectivity index (χ0v) is 11.4. The van der Waals surface area contributed by atoms with E-state index < -0.39 is 0 Å². The number of nitrogens with zero attached hydrogens (tertiary/aromatic N) is 2. The Bertz CT molecular complexity index is 345. The molecule has 0 saturated heterocycles. The van der Waals surface area contributed by atoms with Gasteiger partial charge in [0.25, 0.3) is 0 Å². The highest BCUT2D eigenvalue weighted by molar-refractivity contribution is 5.26. The van der Waals surface area contributed by atoms with Crippen LogP contribution in [0.2, 0.25) is 0 Å². The van der Waals surface area contributed by atoms with E-state index in [9.17, 15) is 0 Å². The molecule has 1 saturated carbocycles. The van der Waals surface area contributed by atoms with Gasteiger partial charge in [-0.15, -0.1) is 0 Å². The topological polar surface area (TPSA) is 47.0 Å².